The van der Waals surface area contributed by atoms with Gasteiger partial charge in [-0.25, -0.2) is 8.42 Å². The van der Waals surface area contributed by atoms with Gasteiger partial charge in [0, 0.05) is 13.1 Å². The molecule has 2 rings (SSSR count). The molecule has 0 amide bonds. The van der Waals surface area contributed by atoms with Crippen LogP contribution in [0, 0.1) is 5.41 Å². The van der Waals surface area contributed by atoms with Crippen molar-refractivity contribution < 1.29 is 12.8 Å². The predicted octanol–water partition coefficient (Wildman–Crippen LogP) is 3.22. The summed E-state index contributed by atoms with van der Waals surface area (Å²) >= 11 is 5.64. The van der Waals surface area contributed by atoms with E-state index in [2.05, 4.69) is 13.8 Å². The van der Waals surface area contributed by atoms with Crippen molar-refractivity contribution in [1.29, 1.82) is 0 Å². The summed E-state index contributed by atoms with van der Waals surface area (Å²) in [4.78, 5) is 0. The van der Waals surface area contributed by atoms with Gasteiger partial charge in [-0.15, -0.1) is 11.6 Å². The molecule has 1 aliphatic heterocycles. The summed E-state index contributed by atoms with van der Waals surface area (Å²) in [5, 5.41) is 0.00570. The first-order chi connectivity index (χ1) is 8.97. The first-order valence-corrected chi connectivity index (χ1v) is 8.60. The number of rotatable bonds is 5. The maximum atomic E-state index is 12.5. The Kier molecular flexibility index (Phi) is 4.28. The lowest BCUT2D eigenvalue weighted by molar-refractivity contribution is 0.278. The summed E-state index contributed by atoms with van der Waals surface area (Å²) < 4.78 is 31.8. The highest BCUT2D eigenvalue weighted by Gasteiger charge is 2.41. The molecule has 1 saturated heterocycles. The molecule has 0 unspecified atom stereocenters. The fourth-order valence-corrected chi connectivity index (χ4v) is 4.25. The molecule has 0 spiro atoms. The predicted molar refractivity (Wildman–Crippen MR) is 74.7 cm³/mol. The zero-order valence-electron chi connectivity index (χ0n) is 11.4. The maximum absolute atomic E-state index is 12.5. The molecule has 1 fully saturated rings. The van der Waals surface area contributed by atoms with Crippen molar-refractivity contribution >= 4 is 21.6 Å². The number of halogens is 1. The van der Waals surface area contributed by atoms with Gasteiger partial charge in [0.05, 0.1) is 5.88 Å². The monoisotopic (exact) mass is 305 g/mol. The molecule has 1 aromatic heterocycles. The minimum Gasteiger partial charge on any atom is -0.447 e. The van der Waals surface area contributed by atoms with Crippen LogP contribution in [-0.2, 0) is 15.9 Å². The van der Waals surface area contributed by atoms with Gasteiger partial charge in [-0.2, -0.15) is 4.31 Å². The molecule has 0 saturated carbocycles. The van der Waals surface area contributed by atoms with Crippen LogP contribution in [0.2, 0.25) is 0 Å². The molecular weight excluding hydrogens is 286 g/mol. The van der Waals surface area contributed by atoms with Crippen LogP contribution in [0.3, 0.4) is 0 Å². The molecule has 1 aliphatic rings. The van der Waals surface area contributed by atoms with Crippen molar-refractivity contribution in [2.45, 2.75) is 44.1 Å². The van der Waals surface area contributed by atoms with Crippen LogP contribution < -0.4 is 0 Å². The first kappa shape index (κ1) is 14.9. The molecule has 0 radical (unpaired) electrons. The number of nitrogens with zero attached hydrogens (tertiary/aromatic N) is 1. The third-order valence-corrected chi connectivity index (χ3v) is 6.25. The van der Waals surface area contributed by atoms with E-state index in [0.29, 0.717) is 18.8 Å². The number of alkyl halides is 1. The topological polar surface area (TPSA) is 50.5 Å². The van der Waals surface area contributed by atoms with Crippen LogP contribution >= 0.6 is 11.6 Å². The summed E-state index contributed by atoms with van der Waals surface area (Å²) in [6, 6.07) is 3.10. The molecule has 0 aromatic carbocycles. The normalized spacial score (nSPS) is 19.9. The van der Waals surface area contributed by atoms with E-state index in [4.69, 9.17) is 16.0 Å². The van der Waals surface area contributed by atoms with Crippen LogP contribution in [0.1, 0.15) is 38.9 Å². The molecule has 0 aliphatic carbocycles. The summed E-state index contributed by atoms with van der Waals surface area (Å²) in [5.74, 6) is 0.667. The summed E-state index contributed by atoms with van der Waals surface area (Å²) in [5.41, 5.74) is 0.120. The summed E-state index contributed by atoms with van der Waals surface area (Å²) in [7, 11) is -3.51. The Balaban J connectivity index is 2.22. The average molecular weight is 306 g/mol. The lowest BCUT2D eigenvalue weighted by Crippen LogP contribution is -2.31. The smallest absolute Gasteiger partial charge is 0.276 e. The first-order valence-electron chi connectivity index (χ1n) is 6.62. The zero-order chi connectivity index (χ0) is 14.1. The number of furan rings is 1. The van der Waals surface area contributed by atoms with E-state index in [9.17, 15) is 8.42 Å². The third kappa shape index (κ3) is 2.69. The summed E-state index contributed by atoms with van der Waals surface area (Å²) in [6.07, 6.45) is 2.92. The van der Waals surface area contributed by atoms with Crippen molar-refractivity contribution in [3.05, 3.63) is 17.9 Å². The molecule has 4 nitrogen and oxygen atoms in total. The van der Waals surface area contributed by atoms with E-state index in [1.54, 1.807) is 6.07 Å². The molecule has 108 valence electrons. The largest absolute Gasteiger partial charge is 0.447 e. The second-order valence-corrected chi connectivity index (χ2v) is 7.29. The zero-order valence-corrected chi connectivity index (χ0v) is 12.9. The molecule has 0 atom stereocenters. The van der Waals surface area contributed by atoms with Gasteiger partial charge in [0.2, 0.25) is 5.09 Å². The highest BCUT2D eigenvalue weighted by Crippen LogP contribution is 2.39. The molecule has 2 heterocycles. The average Bonchev–Trinajstić information content (AvgIpc) is 3.06. The van der Waals surface area contributed by atoms with Gasteiger partial charge in [-0.05, 0) is 36.8 Å². The molecule has 0 bridgehead atoms. The lowest BCUT2D eigenvalue weighted by Gasteiger charge is -2.25. The van der Waals surface area contributed by atoms with Gasteiger partial charge >= 0.3 is 0 Å². The SMILES string of the molecule is CCC1(CC)CCN(S(=O)(=O)c2ccc(CCl)o2)C1. The molecule has 1 aromatic rings. The third-order valence-electron chi connectivity index (χ3n) is 4.27. The van der Waals surface area contributed by atoms with Crippen LogP contribution in [0.4, 0.5) is 0 Å². The van der Waals surface area contributed by atoms with Crippen molar-refractivity contribution in [1.82, 2.24) is 4.31 Å². The Morgan fingerprint density at radius 1 is 1.37 bits per heavy atom. The van der Waals surface area contributed by atoms with E-state index >= 15 is 0 Å². The van der Waals surface area contributed by atoms with E-state index in [1.165, 1.54) is 10.4 Å². The fourth-order valence-electron chi connectivity index (χ4n) is 2.62. The Labute approximate surface area is 119 Å². The van der Waals surface area contributed by atoms with Gasteiger partial charge in [-0.1, -0.05) is 13.8 Å². The van der Waals surface area contributed by atoms with E-state index < -0.39 is 10.0 Å². The van der Waals surface area contributed by atoms with Crippen LogP contribution in [0.25, 0.3) is 0 Å². The highest BCUT2D eigenvalue weighted by atomic mass is 35.5. The molecule has 19 heavy (non-hydrogen) atoms. The van der Waals surface area contributed by atoms with Crippen molar-refractivity contribution in [2.24, 2.45) is 5.41 Å². The quantitative estimate of drug-likeness (QED) is 0.785. The van der Waals surface area contributed by atoms with Gasteiger partial charge in [0.25, 0.3) is 10.0 Å². The van der Waals surface area contributed by atoms with E-state index in [-0.39, 0.29) is 16.4 Å². The van der Waals surface area contributed by atoms with Crippen molar-refractivity contribution in [3.63, 3.8) is 0 Å². The number of hydrogen-bond acceptors (Lipinski definition) is 3. The Morgan fingerprint density at radius 2 is 2.05 bits per heavy atom. The molecule has 0 N–H and O–H groups in total. The Bertz CT molecular complexity index is 534. The standard InChI is InChI=1S/C13H20ClNO3S/c1-3-13(4-2)7-8-15(10-13)19(16,17)12-6-5-11(9-14)18-12/h5-6H,3-4,7-10H2,1-2H3. The van der Waals surface area contributed by atoms with E-state index in [1.807, 2.05) is 0 Å². The highest BCUT2D eigenvalue weighted by molar-refractivity contribution is 7.89. The minimum atomic E-state index is -3.51. The fraction of sp³-hybridized carbons (Fsp3) is 0.692. The second-order valence-electron chi connectivity index (χ2n) is 5.15. The van der Waals surface area contributed by atoms with E-state index in [0.717, 1.165) is 19.3 Å². The van der Waals surface area contributed by atoms with Gasteiger partial charge in [0.15, 0.2) is 0 Å². The molecule has 6 heteroatoms. The van der Waals surface area contributed by atoms with Gasteiger partial charge in [-0.3, -0.25) is 0 Å². The minimum absolute atomic E-state index is 0.00570. The Morgan fingerprint density at radius 3 is 2.53 bits per heavy atom. The van der Waals surface area contributed by atoms with Crippen molar-refractivity contribution in [3.8, 4) is 0 Å². The molecular formula is C13H20ClNO3S. The summed E-state index contributed by atoms with van der Waals surface area (Å²) in [6.45, 7) is 5.40. The van der Waals surface area contributed by atoms with Crippen LogP contribution in [0.5, 0.6) is 0 Å². The Hall–Kier alpha value is -0.520. The lowest BCUT2D eigenvalue weighted by atomic mass is 9.82. The van der Waals surface area contributed by atoms with Gasteiger partial charge < -0.3 is 4.42 Å². The number of hydrogen-bond donors (Lipinski definition) is 0. The van der Waals surface area contributed by atoms with Crippen molar-refractivity contribution in [2.75, 3.05) is 13.1 Å². The number of sulfonamides is 1. The van der Waals surface area contributed by atoms with Gasteiger partial charge in [0.1, 0.15) is 5.76 Å². The second kappa shape index (κ2) is 5.46. The van der Waals surface area contributed by atoms with Crippen LogP contribution in [0.15, 0.2) is 21.6 Å². The maximum Gasteiger partial charge on any atom is 0.276 e. The van der Waals surface area contributed by atoms with Crippen LogP contribution in [-0.4, -0.2) is 25.8 Å².